The molecule has 0 heterocycles. The molecule has 0 amide bonds. The molecule has 2 atom stereocenters. The van der Waals surface area contributed by atoms with Crippen LogP contribution in [0.2, 0.25) is 10.0 Å². The van der Waals surface area contributed by atoms with E-state index in [4.69, 9.17) is 28.9 Å². The lowest BCUT2D eigenvalue weighted by Gasteiger charge is -2.23. The monoisotopic (exact) mass is 299 g/mol. The number of phenols is 1. The van der Waals surface area contributed by atoms with Crippen LogP contribution in [0, 0.1) is 5.92 Å². The summed E-state index contributed by atoms with van der Waals surface area (Å²) in [6, 6.07) is 2.23. The molecule has 0 radical (unpaired) electrons. The van der Waals surface area contributed by atoms with Gasteiger partial charge < -0.3 is 15.9 Å². The van der Waals surface area contributed by atoms with Gasteiger partial charge in [0.15, 0.2) is 0 Å². The molecule has 0 aliphatic heterocycles. The number of benzene rings is 1. The zero-order valence-electron chi connectivity index (χ0n) is 9.52. The third-order valence-corrected chi connectivity index (χ3v) is 2.97. The minimum absolute atomic E-state index is 0. The van der Waals surface area contributed by atoms with Crippen molar-refractivity contribution in [3.8, 4) is 5.75 Å². The van der Waals surface area contributed by atoms with E-state index in [-0.39, 0.29) is 29.1 Å². The molecule has 6 heteroatoms. The molecule has 1 aromatic carbocycles. The minimum Gasteiger partial charge on any atom is -0.506 e. The number of aliphatic hydroxyl groups is 1. The summed E-state index contributed by atoms with van der Waals surface area (Å²) >= 11 is 11.6. The van der Waals surface area contributed by atoms with Gasteiger partial charge in [0.2, 0.25) is 0 Å². The molecule has 0 aliphatic carbocycles. The van der Waals surface area contributed by atoms with Gasteiger partial charge in [0.05, 0.1) is 17.2 Å². The first-order valence-corrected chi connectivity index (χ1v) is 5.71. The maximum atomic E-state index is 9.83. The zero-order valence-corrected chi connectivity index (χ0v) is 11.9. The molecule has 0 bridgehead atoms. The lowest BCUT2D eigenvalue weighted by atomic mass is 9.94. The lowest BCUT2D eigenvalue weighted by Crippen LogP contribution is -2.30. The predicted octanol–water partition coefficient (Wildman–Crippen LogP) is 3.14. The molecular formula is C11H16Cl3NO2. The van der Waals surface area contributed by atoms with Gasteiger partial charge in [0.25, 0.3) is 0 Å². The van der Waals surface area contributed by atoms with E-state index < -0.39 is 12.1 Å². The van der Waals surface area contributed by atoms with Crippen LogP contribution in [0.5, 0.6) is 5.75 Å². The van der Waals surface area contributed by atoms with Crippen molar-refractivity contribution in [1.29, 1.82) is 0 Å². The quantitative estimate of drug-likeness (QED) is 0.803. The van der Waals surface area contributed by atoms with Crippen molar-refractivity contribution >= 4 is 35.6 Å². The van der Waals surface area contributed by atoms with Gasteiger partial charge in [0.1, 0.15) is 5.75 Å². The van der Waals surface area contributed by atoms with Crippen LogP contribution in [-0.2, 0) is 0 Å². The first kappa shape index (κ1) is 16.8. The number of phenolic OH excluding ortho intramolecular Hbond substituents is 1. The smallest absolute Gasteiger partial charge is 0.139 e. The molecule has 17 heavy (non-hydrogen) atoms. The Labute approximate surface area is 117 Å². The van der Waals surface area contributed by atoms with Crippen molar-refractivity contribution in [2.45, 2.75) is 26.0 Å². The van der Waals surface area contributed by atoms with E-state index >= 15 is 0 Å². The van der Waals surface area contributed by atoms with Crippen LogP contribution in [-0.4, -0.2) is 16.3 Å². The molecule has 1 rings (SSSR count). The largest absolute Gasteiger partial charge is 0.506 e. The third kappa shape index (κ3) is 3.90. The molecule has 1 aromatic rings. The van der Waals surface area contributed by atoms with Gasteiger partial charge in [-0.25, -0.2) is 0 Å². The number of rotatable bonds is 3. The summed E-state index contributed by atoms with van der Waals surface area (Å²) in [6.07, 6.45) is -0.763. The Hall–Kier alpha value is -0.190. The van der Waals surface area contributed by atoms with E-state index in [1.54, 1.807) is 0 Å². The standard InChI is InChI=1S/C11H15Cl2NO2.ClH/c1-5(2)10(15)9(14)7-3-6(12)4-8(13)11(7)16;/h3-5,9-10,15-16H,14H2,1-2H3;1H/t9-,10+;/m1./s1. The highest BCUT2D eigenvalue weighted by Gasteiger charge is 2.24. The summed E-state index contributed by atoms with van der Waals surface area (Å²) in [7, 11) is 0. The number of hydrogen-bond acceptors (Lipinski definition) is 3. The molecule has 0 unspecified atom stereocenters. The van der Waals surface area contributed by atoms with E-state index in [1.807, 2.05) is 13.8 Å². The van der Waals surface area contributed by atoms with Crippen LogP contribution >= 0.6 is 35.6 Å². The maximum Gasteiger partial charge on any atom is 0.139 e. The first-order valence-electron chi connectivity index (χ1n) is 4.96. The van der Waals surface area contributed by atoms with Crippen molar-refractivity contribution in [2.24, 2.45) is 11.7 Å². The molecular weight excluding hydrogens is 284 g/mol. The molecule has 4 N–H and O–H groups in total. The third-order valence-electron chi connectivity index (χ3n) is 2.47. The number of hydrogen-bond donors (Lipinski definition) is 3. The fourth-order valence-electron chi connectivity index (χ4n) is 1.44. The van der Waals surface area contributed by atoms with Crippen molar-refractivity contribution in [3.05, 3.63) is 27.7 Å². The molecule has 0 aromatic heterocycles. The van der Waals surface area contributed by atoms with Gasteiger partial charge >= 0.3 is 0 Å². The Balaban J connectivity index is 0.00000256. The number of nitrogens with two attached hydrogens (primary N) is 1. The van der Waals surface area contributed by atoms with Gasteiger partial charge in [-0.15, -0.1) is 12.4 Å². The van der Waals surface area contributed by atoms with E-state index in [9.17, 15) is 10.2 Å². The number of aliphatic hydroxyl groups excluding tert-OH is 1. The second kappa shape index (κ2) is 6.66. The first-order chi connectivity index (χ1) is 7.34. The van der Waals surface area contributed by atoms with Crippen molar-refractivity contribution in [1.82, 2.24) is 0 Å². The van der Waals surface area contributed by atoms with Gasteiger partial charge in [-0.2, -0.15) is 0 Å². The fourth-order valence-corrected chi connectivity index (χ4v) is 1.95. The number of aromatic hydroxyl groups is 1. The number of halogens is 3. The highest BCUT2D eigenvalue weighted by atomic mass is 35.5. The average Bonchev–Trinajstić information content (AvgIpc) is 2.21. The summed E-state index contributed by atoms with van der Waals surface area (Å²) in [5.74, 6) is -0.148. The second-order valence-electron chi connectivity index (χ2n) is 4.09. The molecule has 98 valence electrons. The summed E-state index contributed by atoms with van der Waals surface area (Å²) in [4.78, 5) is 0. The van der Waals surface area contributed by atoms with Crippen LogP contribution in [0.4, 0.5) is 0 Å². The van der Waals surface area contributed by atoms with Crippen LogP contribution in [0.15, 0.2) is 12.1 Å². The van der Waals surface area contributed by atoms with E-state index in [0.717, 1.165) is 0 Å². The Morgan fingerprint density at radius 2 is 1.76 bits per heavy atom. The Bertz CT molecular complexity index is 385. The second-order valence-corrected chi connectivity index (χ2v) is 4.93. The van der Waals surface area contributed by atoms with Crippen LogP contribution in [0.3, 0.4) is 0 Å². The molecule has 3 nitrogen and oxygen atoms in total. The lowest BCUT2D eigenvalue weighted by molar-refractivity contribution is 0.0970. The van der Waals surface area contributed by atoms with Gasteiger partial charge in [-0.1, -0.05) is 37.0 Å². The van der Waals surface area contributed by atoms with Crippen LogP contribution in [0.1, 0.15) is 25.5 Å². The van der Waals surface area contributed by atoms with Gasteiger partial charge in [0, 0.05) is 10.6 Å². The van der Waals surface area contributed by atoms with Crippen molar-refractivity contribution in [2.75, 3.05) is 0 Å². The highest BCUT2D eigenvalue weighted by molar-refractivity contribution is 6.35. The molecule has 0 saturated carbocycles. The van der Waals surface area contributed by atoms with Crippen LogP contribution < -0.4 is 5.73 Å². The Morgan fingerprint density at radius 1 is 1.24 bits per heavy atom. The summed E-state index contributed by atoms with van der Waals surface area (Å²) in [5.41, 5.74) is 6.21. The van der Waals surface area contributed by atoms with Gasteiger partial charge in [-0.3, -0.25) is 0 Å². The summed E-state index contributed by atoms with van der Waals surface area (Å²) in [6.45, 7) is 3.68. The highest BCUT2D eigenvalue weighted by Crippen LogP contribution is 2.35. The van der Waals surface area contributed by atoms with Crippen LogP contribution in [0.25, 0.3) is 0 Å². The van der Waals surface area contributed by atoms with E-state index in [0.29, 0.717) is 10.6 Å². The molecule has 0 saturated heterocycles. The molecule has 0 fully saturated rings. The normalized spacial score (nSPS) is 14.3. The fraction of sp³-hybridized carbons (Fsp3) is 0.455. The van der Waals surface area contributed by atoms with E-state index in [2.05, 4.69) is 0 Å². The predicted molar refractivity (Wildman–Crippen MR) is 73.1 cm³/mol. The minimum atomic E-state index is -0.763. The topological polar surface area (TPSA) is 66.5 Å². The average molecular weight is 301 g/mol. The SMILES string of the molecule is CC(C)[C@H](O)[C@H](N)c1cc(Cl)cc(Cl)c1O.Cl. The Kier molecular flexibility index (Phi) is 6.59. The van der Waals surface area contributed by atoms with Crippen molar-refractivity contribution in [3.63, 3.8) is 0 Å². The summed E-state index contributed by atoms with van der Waals surface area (Å²) < 4.78 is 0. The molecule has 0 aliphatic rings. The van der Waals surface area contributed by atoms with Crippen molar-refractivity contribution < 1.29 is 10.2 Å². The van der Waals surface area contributed by atoms with E-state index in [1.165, 1.54) is 12.1 Å². The Morgan fingerprint density at radius 3 is 2.24 bits per heavy atom. The summed E-state index contributed by atoms with van der Waals surface area (Å²) in [5, 5.41) is 20.1. The maximum absolute atomic E-state index is 9.83. The zero-order chi connectivity index (χ0) is 12.5. The van der Waals surface area contributed by atoms with Gasteiger partial charge in [-0.05, 0) is 18.1 Å². The molecule has 0 spiro atoms.